The molecule has 1 aliphatic rings. The van der Waals surface area contributed by atoms with E-state index >= 15 is 0 Å². The molecule has 17 heavy (non-hydrogen) atoms. The van der Waals surface area contributed by atoms with Gasteiger partial charge in [0.1, 0.15) is 30.2 Å². The number of methoxy groups -OCH3 is 1. The van der Waals surface area contributed by atoms with E-state index < -0.39 is 24.4 Å². The van der Waals surface area contributed by atoms with Gasteiger partial charge in [-0.3, -0.25) is 0 Å². The zero-order chi connectivity index (χ0) is 12.4. The highest BCUT2D eigenvalue weighted by molar-refractivity contribution is 5.31. The summed E-state index contributed by atoms with van der Waals surface area (Å²) in [4.78, 5) is 3.97. The molecule has 0 aliphatic carbocycles. The summed E-state index contributed by atoms with van der Waals surface area (Å²) in [5.41, 5.74) is 6.27. The van der Waals surface area contributed by atoms with Crippen LogP contribution in [0, 0.1) is 0 Å². The number of ether oxygens (including phenoxy) is 2. The van der Waals surface area contributed by atoms with Gasteiger partial charge in [0, 0.05) is 18.9 Å². The first-order chi connectivity index (χ1) is 8.17. The van der Waals surface area contributed by atoms with Crippen LogP contribution < -0.4 is 5.73 Å². The summed E-state index contributed by atoms with van der Waals surface area (Å²) in [7, 11) is 1.49. The molecule has 0 bridgehead atoms. The summed E-state index contributed by atoms with van der Waals surface area (Å²) in [5.74, 6) is 0.417. The van der Waals surface area contributed by atoms with Gasteiger partial charge < -0.3 is 25.4 Å². The Bertz CT molecular complexity index is 370. The molecule has 1 fully saturated rings. The van der Waals surface area contributed by atoms with Crippen molar-refractivity contribution in [3.05, 3.63) is 23.9 Å². The molecule has 0 radical (unpaired) electrons. The van der Waals surface area contributed by atoms with E-state index in [0.717, 1.165) is 5.56 Å². The van der Waals surface area contributed by atoms with E-state index in [4.69, 9.17) is 20.3 Å². The van der Waals surface area contributed by atoms with Gasteiger partial charge in [-0.15, -0.1) is 0 Å². The van der Waals surface area contributed by atoms with Crippen molar-refractivity contribution in [2.75, 3.05) is 19.5 Å². The first-order valence-electron chi connectivity index (χ1n) is 5.36. The van der Waals surface area contributed by atoms with Gasteiger partial charge in [-0.2, -0.15) is 0 Å². The van der Waals surface area contributed by atoms with E-state index in [1.165, 1.54) is 7.11 Å². The predicted octanol–water partition coefficient (Wildman–Crippen LogP) is -0.528. The fraction of sp³-hybridized carbons (Fsp3) is 0.545. The summed E-state index contributed by atoms with van der Waals surface area (Å²) < 4.78 is 10.8. The monoisotopic (exact) mass is 240 g/mol. The Kier molecular flexibility index (Phi) is 3.58. The number of aromatic nitrogens is 1. The third-order valence-electron chi connectivity index (χ3n) is 2.93. The summed E-state index contributed by atoms with van der Waals surface area (Å²) in [6.07, 6.45) is -0.869. The molecule has 1 saturated heterocycles. The van der Waals surface area contributed by atoms with E-state index in [1.807, 2.05) is 0 Å². The lowest BCUT2D eigenvalue weighted by molar-refractivity contribution is -0.0234. The van der Waals surface area contributed by atoms with Crippen molar-refractivity contribution < 1.29 is 19.7 Å². The molecule has 4 N–H and O–H groups in total. The Morgan fingerprint density at radius 3 is 2.82 bits per heavy atom. The minimum Gasteiger partial charge on any atom is -0.394 e. The molecule has 0 aromatic carbocycles. The third-order valence-corrected chi connectivity index (χ3v) is 2.93. The highest BCUT2D eigenvalue weighted by atomic mass is 16.6. The maximum Gasteiger partial charge on any atom is 0.123 e. The first-order valence-corrected chi connectivity index (χ1v) is 5.36. The second-order valence-electron chi connectivity index (χ2n) is 3.99. The number of aliphatic hydroxyl groups is 2. The number of rotatable bonds is 3. The van der Waals surface area contributed by atoms with E-state index in [0.29, 0.717) is 5.82 Å². The van der Waals surface area contributed by atoms with Crippen molar-refractivity contribution >= 4 is 5.82 Å². The van der Waals surface area contributed by atoms with Gasteiger partial charge in [-0.1, -0.05) is 6.07 Å². The van der Waals surface area contributed by atoms with Crippen LogP contribution in [-0.4, -0.2) is 47.2 Å². The lowest BCUT2D eigenvalue weighted by Crippen LogP contribution is -2.33. The highest BCUT2D eigenvalue weighted by Crippen LogP contribution is 2.34. The van der Waals surface area contributed by atoms with Crippen molar-refractivity contribution in [1.82, 2.24) is 4.98 Å². The fourth-order valence-electron chi connectivity index (χ4n) is 2.00. The SMILES string of the molecule is CO[C@@H]1[C@H](O)[C@@H](CO)O[C@H]1c1ccc(N)nc1. The second kappa shape index (κ2) is 4.97. The Hall–Kier alpha value is -1.21. The molecular formula is C11H16N2O4. The fourth-order valence-corrected chi connectivity index (χ4v) is 2.00. The smallest absolute Gasteiger partial charge is 0.123 e. The van der Waals surface area contributed by atoms with Crippen molar-refractivity contribution in [2.24, 2.45) is 0 Å². The molecule has 2 rings (SSSR count). The van der Waals surface area contributed by atoms with Crippen molar-refractivity contribution in [2.45, 2.75) is 24.4 Å². The van der Waals surface area contributed by atoms with Gasteiger partial charge in [0.25, 0.3) is 0 Å². The molecule has 0 unspecified atom stereocenters. The Balaban J connectivity index is 2.22. The molecule has 94 valence electrons. The Labute approximate surface area is 99.0 Å². The first kappa shape index (κ1) is 12.3. The molecular weight excluding hydrogens is 224 g/mol. The number of hydrogen-bond donors (Lipinski definition) is 3. The number of pyridine rings is 1. The molecule has 0 amide bonds. The predicted molar refractivity (Wildman–Crippen MR) is 60.2 cm³/mol. The average molecular weight is 240 g/mol. The lowest BCUT2D eigenvalue weighted by Gasteiger charge is -2.18. The van der Waals surface area contributed by atoms with Gasteiger partial charge in [-0.05, 0) is 6.07 Å². The van der Waals surface area contributed by atoms with Crippen LogP contribution >= 0.6 is 0 Å². The molecule has 1 aromatic heterocycles. The van der Waals surface area contributed by atoms with Crippen LogP contribution in [0.2, 0.25) is 0 Å². The summed E-state index contributed by atoms with van der Waals surface area (Å²) in [6.45, 7) is -0.250. The minimum atomic E-state index is -0.854. The summed E-state index contributed by atoms with van der Waals surface area (Å²) >= 11 is 0. The molecule has 2 heterocycles. The van der Waals surface area contributed by atoms with Gasteiger partial charge in [0.2, 0.25) is 0 Å². The largest absolute Gasteiger partial charge is 0.394 e. The topological polar surface area (TPSA) is 97.8 Å². The standard InChI is InChI=1S/C11H16N2O4/c1-16-11-9(15)7(5-14)17-10(11)6-2-3-8(12)13-4-6/h2-4,7,9-11,14-15H,5H2,1H3,(H2,12,13)/t7-,9-,10+,11-/m1/s1. The Morgan fingerprint density at radius 1 is 1.53 bits per heavy atom. The highest BCUT2D eigenvalue weighted by Gasteiger charge is 2.44. The molecule has 1 aliphatic heterocycles. The second-order valence-corrected chi connectivity index (χ2v) is 3.99. The summed E-state index contributed by atoms with van der Waals surface area (Å²) in [5, 5.41) is 19.0. The lowest BCUT2D eigenvalue weighted by atomic mass is 10.0. The summed E-state index contributed by atoms with van der Waals surface area (Å²) in [6, 6.07) is 3.43. The molecule has 6 heteroatoms. The molecule has 1 aromatic rings. The van der Waals surface area contributed by atoms with Crippen LogP contribution in [0.1, 0.15) is 11.7 Å². The van der Waals surface area contributed by atoms with Gasteiger partial charge in [0.15, 0.2) is 0 Å². The molecule has 0 spiro atoms. The van der Waals surface area contributed by atoms with Crippen LogP contribution in [0.3, 0.4) is 0 Å². The van der Waals surface area contributed by atoms with Crippen molar-refractivity contribution in [3.63, 3.8) is 0 Å². The Morgan fingerprint density at radius 2 is 2.29 bits per heavy atom. The van der Waals surface area contributed by atoms with Crippen LogP contribution in [0.4, 0.5) is 5.82 Å². The number of aliphatic hydroxyl groups excluding tert-OH is 2. The minimum absolute atomic E-state index is 0.250. The van der Waals surface area contributed by atoms with Gasteiger partial charge >= 0.3 is 0 Å². The number of nitrogens with zero attached hydrogens (tertiary/aromatic N) is 1. The zero-order valence-corrected chi connectivity index (χ0v) is 9.48. The van der Waals surface area contributed by atoms with Crippen LogP contribution in [0.25, 0.3) is 0 Å². The van der Waals surface area contributed by atoms with E-state index in [2.05, 4.69) is 4.98 Å². The molecule has 4 atom stereocenters. The maximum absolute atomic E-state index is 9.88. The third kappa shape index (κ3) is 2.25. The normalized spacial score (nSPS) is 32.9. The van der Waals surface area contributed by atoms with E-state index in [9.17, 15) is 5.11 Å². The van der Waals surface area contributed by atoms with Crippen LogP contribution in [-0.2, 0) is 9.47 Å². The van der Waals surface area contributed by atoms with Crippen molar-refractivity contribution in [3.8, 4) is 0 Å². The number of hydrogen-bond acceptors (Lipinski definition) is 6. The van der Waals surface area contributed by atoms with Crippen LogP contribution in [0.5, 0.6) is 0 Å². The number of nitrogen functional groups attached to an aromatic ring is 1. The van der Waals surface area contributed by atoms with Gasteiger partial charge in [0.05, 0.1) is 6.61 Å². The van der Waals surface area contributed by atoms with Crippen LogP contribution in [0.15, 0.2) is 18.3 Å². The molecule has 6 nitrogen and oxygen atoms in total. The molecule has 0 saturated carbocycles. The number of nitrogens with two attached hydrogens (primary N) is 1. The zero-order valence-electron chi connectivity index (χ0n) is 9.48. The quantitative estimate of drug-likeness (QED) is 0.657. The van der Waals surface area contributed by atoms with Gasteiger partial charge in [-0.25, -0.2) is 4.98 Å². The van der Waals surface area contributed by atoms with E-state index in [-0.39, 0.29) is 6.61 Å². The van der Waals surface area contributed by atoms with E-state index in [1.54, 1.807) is 18.3 Å². The average Bonchev–Trinajstić information content (AvgIpc) is 2.66. The number of anilines is 1. The van der Waals surface area contributed by atoms with Crippen molar-refractivity contribution in [1.29, 1.82) is 0 Å². The maximum atomic E-state index is 9.88.